The predicted octanol–water partition coefficient (Wildman–Crippen LogP) is 1.29. The summed E-state index contributed by atoms with van der Waals surface area (Å²) in [7, 11) is 0. The third-order valence-corrected chi connectivity index (χ3v) is 2.82. The number of hydrogen-bond donors (Lipinski definition) is 2. The van der Waals surface area contributed by atoms with Gasteiger partial charge in [0.15, 0.2) is 0 Å². The topological polar surface area (TPSA) is 75.3 Å². The number of allylic oxidation sites excluding steroid dienone is 1. The largest absolute Gasteiger partial charge is 0.341 e. The molecule has 0 aromatic rings. The Kier molecular flexibility index (Phi) is 4.86. The minimum atomic E-state index is -0.611. The molecule has 0 bridgehead atoms. The van der Waals surface area contributed by atoms with Crippen molar-refractivity contribution in [2.75, 3.05) is 0 Å². The Labute approximate surface area is 113 Å². The number of carbonyl (C=O) groups is 3. The maximum atomic E-state index is 12.1. The molecule has 19 heavy (non-hydrogen) atoms. The van der Waals surface area contributed by atoms with Crippen molar-refractivity contribution in [2.45, 2.75) is 53.0 Å². The Morgan fingerprint density at radius 2 is 2.05 bits per heavy atom. The van der Waals surface area contributed by atoms with E-state index in [1.165, 1.54) is 0 Å². The van der Waals surface area contributed by atoms with Crippen LogP contribution in [0.5, 0.6) is 0 Å². The van der Waals surface area contributed by atoms with Crippen molar-refractivity contribution in [3.8, 4) is 0 Å². The lowest BCUT2D eigenvalue weighted by atomic mass is 9.92. The van der Waals surface area contributed by atoms with E-state index < -0.39 is 11.9 Å². The third-order valence-electron chi connectivity index (χ3n) is 2.82. The van der Waals surface area contributed by atoms with E-state index in [4.69, 9.17) is 0 Å². The number of piperidine rings is 1. The molecule has 0 aliphatic carbocycles. The highest BCUT2D eigenvalue weighted by Gasteiger charge is 2.28. The number of nitrogens with one attached hydrogen (secondary N) is 2. The van der Waals surface area contributed by atoms with E-state index in [1.807, 2.05) is 33.8 Å². The van der Waals surface area contributed by atoms with Crippen molar-refractivity contribution in [1.29, 1.82) is 0 Å². The summed E-state index contributed by atoms with van der Waals surface area (Å²) in [5.74, 6) is -0.931. The quantitative estimate of drug-likeness (QED) is 0.597. The zero-order valence-corrected chi connectivity index (χ0v) is 12.0. The molecule has 3 amide bonds. The first-order chi connectivity index (χ1) is 8.73. The molecule has 1 fully saturated rings. The van der Waals surface area contributed by atoms with Crippen molar-refractivity contribution < 1.29 is 14.4 Å². The van der Waals surface area contributed by atoms with E-state index in [1.54, 1.807) is 0 Å². The van der Waals surface area contributed by atoms with Crippen LogP contribution in [0.25, 0.3) is 0 Å². The maximum Gasteiger partial charge on any atom is 0.249 e. The van der Waals surface area contributed by atoms with Gasteiger partial charge < -0.3 is 5.32 Å². The normalized spacial score (nSPS) is 21.1. The molecule has 2 N–H and O–H groups in total. The van der Waals surface area contributed by atoms with Gasteiger partial charge in [0.25, 0.3) is 0 Å². The molecule has 0 aromatic heterocycles. The van der Waals surface area contributed by atoms with Crippen molar-refractivity contribution >= 4 is 17.7 Å². The van der Waals surface area contributed by atoms with Crippen LogP contribution in [0, 0.1) is 5.41 Å². The van der Waals surface area contributed by atoms with Crippen molar-refractivity contribution in [1.82, 2.24) is 10.6 Å². The Hall–Kier alpha value is -1.65. The smallest absolute Gasteiger partial charge is 0.249 e. The van der Waals surface area contributed by atoms with E-state index >= 15 is 0 Å². The second kappa shape index (κ2) is 5.99. The van der Waals surface area contributed by atoms with E-state index in [0.717, 1.165) is 0 Å². The Morgan fingerprint density at radius 1 is 1.42 bits per heavy atom. The van der Waals surface area contributed by atoms with Gasteiger partial charge in [-0.1, -0.05) is 33.8 Å². The van der Waals surface area contributed by atoms with Crippen LogP contribution >= 0.6 is 0 Å². The number of imide groups is 1. The zero-order valence-electron chi connectivity index (χ0n) is 12.0. The minimum Gasteiger partial charge on any atom is -0.341 e. The summed E-state index contributed by atoms with van der Waals surface area (Å²) in [6.45, 7) is 7.95. The van der Waals surface area contributed by atoms with Crippen molar-refractivity contribution in [3.05, 3.63) is 11.6 Å². The van der Waals surface area contributed by atoms with Gasteiger partial charge in [0.05, 0.1) is 0 Å². The molecular formula is C14H22N2O3. The first-order valence-electron chi connectivity index (χ1n) is 6.59. The number of rotatable bonds is 3. The summed E-state index contributed by atoms with van der Waals surface area (Å²) in [5, 5.41) is 4.92. The lowest BCUT2D eigenvalue weighted by Crippen LogP contribution is -2.52. The monoisotopic (exact) mass is 266 g/mol. The highest BCUT2D eigenvalue weighted by molar-refractivity contribution is 6.03. The van der Waals surface area contributed by atoms with Gasteiger partial charge in [-0.2, -0.15) is 0 Å². The number of carbonyl (C=O) groups excluding carboxylic acids is 3. The van der Waals surface area contributed by atoms with Gasteiger partial charge in [0.2, 0.25) is 17.7 Å². The van der Waals surface area contributed by atoms with Crippen LogP contribution in [0.4, 0.5) is 0 Å². The van der Waals surface area contributed by atoms with E-state index in [2.05, 4.69) is 10.6 Å². The molecule has 1 atom stereocenters. The van der Waals surface area contributed by atoms with Crippen LogP contribution in [-0.2, 0) is 14.4 Å². The average molecular weight is 266 g/mol. The van der Waals surface area contributed by atoms with Gasteiger partial charge in [-0.15, -0.1) is 0 Å². The molecule has 0 radical (unpaired) electrons. The fraction of sp³-hybridized carbons (Fsp3) is 0.643. The molecule has 0 spiro atoms. The lowest BCUT2D eigenvalue weighted by Gasteiger charge is -2.23. The van der Waals surface area contributed by atoms with Crippen LogP contribution in [0.15, 0.2) is 11.6 Å². The van der Waals surface area contributed by atoms with Gasteiger partial charge >= 0.3 is 0 Å². The number of amides is 3. The molecule has 1 unspecified atom stereocenters. The van der Waals surface area contributed by atoms with Crippen LogP contribution in [0.3, 0.4) is 0 Å². The van der Waals surface area contributed by atoms with Crippen LogP contribution in [0.2, 0.25) is 0 Å². The Morgan fingerprint density at radius 3 is 2.53 bits per heavy atom. The highest BCUT2D eigenvalue weighted by atomic mass is 16.2. The molecule has 5 nitrogen and oxygen atoms in total. The summed E-state index contributed by atoms with van der Waals surface area (Å²) in [4.78, 5) is 34.7. The summed E-state index contributed by atoms with van der Waals surface area (Å²) >= 11 is 0. The second-order valence-electron chi connectivity index (χ2n) is 5.87. The van der Waals surface area contributed by atoms with Gasteiger partial charge in [-0.05, 0) is 18.3 Å². The fourth-order valence-corrected chi connectivity index (χ4v) is 1.93. The molecule has 0 aromatic carbocycles. The van der Waals surface area contributed by atoms with Gasteiger partial charge in [0, 0.05) is 12.0 Å². The van der Waals surface area contributed by atoms with Crippen LogP contribution in [0.1, 0.15) is 47.0 Å². The van der Waals surface area contributed by atoms with Crippen molar-refractivity contribution in [3.63, 3.8) is 0 Å². The van der Waals surface area contributed by atoms with Crippen molar-refractivity contribution in [2.24, 2.45) is 5.41 Å². The first-order valence-corrected chi connectivity index (χ1v) is 6.59. The molecular weight excluding hydrogens is 244 g/mol. The average Bonchev–Trinajstić information content (AvgIpc) is 2.28. The lowest BCUT2D eigenvalue weighted by molar-refractivity contribution is -0.136. The van der Waals surface area contributed by atoms with E-state index in [9.17, 15) is 14.4 Å². The van der Waals surface area contributed by atoms with Gasteiger partial charge in [-0.3, -0.25) is 19.7 Å². The molecule has 5 heteroatoms. The SMILES string of the molecule is CC/C(=C\C(C)(C)C)C(=O)NC1CCC(=O)NC1=O. The maximum absolute atomic E-state index is 12.1. The molecule has 1 aliphatic rings. The van der Waals surface area contributed by atoms with Gasteiger partial charge in [-0.25, -0.2) is 0 Å². The second-order valence-corrected chi connectivity index (χ2v) is 5.87. The minimum absolute atomic E-state index is 0.0898. The van der Waals surface area contributed by atoms with E-state index in [-0.39, 0.29) is 23.7 Å². The Balaban J connectivity index is 2.71. The summed E-state index contributed by atoms with van der Waals surface area (Å²) in [6.07, 6.45) is 3.15. The molecule has 1 saturated heterocycles. The molecule has 1 heterocycles. The first kappa shape index (κ1) is 15.4. The van der Waals surface area contributed by atoms with Gasteiger partial charge in [0.1, 0.15) is 6.04 Å². The Bertz CT molecular complexity index is 419. The fourth-order valence-electron chi connectivity index (χ4n) is 1.93. The molecule has 1 rings (SSSR count). The van der Waals surface area contributed by atoms with Crippen LogP contribution in [-0.4, -0.2) is 23.8 Å². The summed E-state index contributed by atoms with van der Waals surface area (Å²) < 4.78 is 0. The molecule has 106 valence electrons. The zero-order chi connectivity index (χ0) is 14.6. The molecule has 0 saturated carbocycles. The highest BCUT2D eigenvalue weighted by Crippen LogP contribution is 2.19. The summed E-state index contributed by atoms with van der Waals surface area (Å²) in [5.41, 5.74) is 0.574. The third kappa shape index (κ3) is 4.85. The standard InChI is InChI=1S/C14H22N2O3/c1-5-9(8-14(2,3)4)12(18)15-10-6-7-11(17)16-13(10)19/h8,10H,5-7H2,1-4H3,(H,15,18)(H,16,17,19)/b9-8+. The molecule has 1 aliphatic heterocycles. The summed E-state index contributed by atoms with van der Waals surface area (Å²) in [6, 6.07) is -0.611. The van der Waals surface area contributed by atoms with Crippen LogP contribution < -0.4 is 10.6 Å². The number of hydrogen-bond acceptors (Lipinski definition) is 3. The van der Waals surface area contributed by atoms with E-state index in [0.29, 0.717) is 18.4 Å². The predicted molar refractivity (Wildman–Crippen MR) is 72.1 cm³/mol.